The summed E-state index contributed by atoms with van der Waals surface area (Å²) in [7, 11) is 1.43. The number of hydrogen-bond donors (Lipinski definition) is 3. The molecule has 0 bridgehead atoms. The Balaban J connectivity index is 0.867. The number of ketones is 1. The summed E-state index contributed by atoms with van der Waals surface area (Å²) in [5.74, 6) is -0.474. The van der Waals surface area contributed by atoms with Crippen LogP contribution in [0.5, 0.6) is 17.2 Å². The van der Waals surface area contributed by atoms with E-state index in [0.717, 1.165) is 53.6 Å². The zero-order valence-electron chi connectivity index (χ0n) is 47.2. The molecular weight excluding hydrogens is 1100 g/mol. The average molecular weight is 1170 g/mol. The number of aryl methyl sites for hydroxylation is 2. The first-order chi connectivity index (χ1) is 39.1. The molecule has 0 saturated heterocycles. The molecule has 0 aromatic heterocycles. The molecule has 5 aromatic rings. The van der Waals surface area contributed by atoms with Gasteiger partial charge < -0.3 is 35.1 Å². The number of amides is 5. The van der Waals surface area contributed by atoms with Crippen LogP contribution in [0.1, 0.15) is 114 Å². The monoisotopic (exact) mass is 1170 g/mol. The number of para-hydroxylation sites is 2. The number of anilines is 3. The molecule has 18 nitrogen and oxygen atoms in total. The molecular formula is C61H68N6O12S3. The molecule has 0 saturated carbocycles. The third-order valence-corrected chi connectivity index (χ3v) is 20.3. The van der Waals surface area contributed by atoms with Gasteiger partial charge in [0.05, 0.1) is 31.5 Å². The Morgan fingerprint density at radius 1 is 0.768 bits per heavy atom. The lowest BCUT2D eigenvalue weighted by molar-refractivity contribution is -0.130. The SMILES string of the molecule is COc1cc2c(cc1OCc1cc(COc3cc4c(cc3C)C(=O)N3c5ccccc5C[C@H]3C=N4)cc(NC(=O)[C@H](C)NC(=O)[C@H](C)NC(=O)CCC(C)(C)SSCCC(C(C)=O)S(=O)(=O)OC)c1)CC[C@@H]1Cc3ccccc3N1C2=O. The molecule has 1 unspecified atom stereocenters. The van der Waals surface area contributed by atoms with Gasteiger partial charge in [0.2, 0.25) is 17.7 Å². The van der Waals surface area contributed by atoms with Gasteiger partial charge in [-0.1, -0.05) is 58.0 Å². The molecule has 432 valence electrons. The standard InChI is InChI=1S/C61H68N6O12S3/c1-35-23-48-49(62-32-46-28-43-14-10-12-16-51(43)67(46)60(48)73)31-52(35)78-33-39-24-40(34-79-54-29-41-17-18-45-27-42-13-9-11-15-50(42)66(45)59(72)47(41)30-53(54)76-7)26-44(25-39)65-58(71)37(3)64-57(70)36(2)63-56(69)19-21-61(5,6)81-80-22-20-55(38(4)68)82(74,75)77-8/h9-16,23-26,29-32,36-37,45-46,55H,17-22,27-28,33-34H2,1-8H3,(H,63,69)(H,64,70)(H,65,71)/t36-,37-,45+,46-,55?/m0/s1. The molecule has 4 heterocycles. The number of methoxy groups -OCH3 is 1. The Bertz CT molecular complexity index is 3480. The molecule has 0 aliphatic carbocycles. The fourth-order valence-electron chi connectivity index (χ4n) is 10.7. The van der Waals surface area contributed by atoms with Crippen molar-refractivity contribution >= 4 is 96.0 Å². The second-order valence-electron chi connectivity index (χ2n) is 21.7. The van der Waals surface area contributed by atoms with E-state index < -0.39 is 49.8 Å². The number of nitrogens with one attached hydrogen (secondary N) is 3. The molecule has 0 spiro atoms. The second-order valence-corrected chi connectivity index (χ2v) is 26.7. The van der Waals surface area contributed by atoms with Crippen molar-refractivity contribution in [3.05, 3.63) is 136 Å². The minimum Gasteiger partial charge on any atom is -0.493 e. The van der Waals surface area contributed by atoms with Crippen LogP contribution in [0.15, 0.2) is 96.0 Å². The van der Waals surface area contributed by atoms with Gasteiger partial charge >= 0.3 is 0 Å². The minimum absolute atomic E-state index is 0.0263. The summed E-state index contributed by atoms with van der Waals surface area (Å²) >= 11 is 0. The van der Waals surface area contributed by atoms with Crippen molar-refractivity contribution in [1.29, 1.82) is 0 Å². The van der Waals surface area contributed by atoms with E-state index in [1.807, 2.05) is 86.5 Å². The van der Waals surface area contributed by atoms with E-state index in [-0.39, 0.29) is 55.9 Å². The zero-order valence-corrected chi connectivity index (χ0v) is 49.6. The second kappa shape index (κ2) is 25.1. The van der Waals surface area contributed by atoms with Gasteiger partial charge in [0.1, 0.15) is 42.1 Å². The van der Waals surface area contributed by atoms with Gasteiger partial charge in [-0.25, -0.2) is 0 Å². The third-order valence-electron chi connectivity index (χ3n) is 15.2. The number of Topliss-reactive ketones (excluding diaryl/α,β-unsaturated/α-hetero) is 1. The van der Waals surface area contributed by atoms with Crippen molar-refractivity contribution in [2.24, 2.45) is 4.99 Å². The molecule has 82 heavy (non-hydrogen) atoms. The highest BCUT2D eigenvalue weighted by Crippen LogP contribution is 2.43. The van der Waals surface area contributed by atoms with E-state index in [1.54, 1.807) is 35.2 Å². The highest BCUT2D eigenvalue weighted by Gasteiger charge is 2.39. The van der Waals surface area contributed by atoms with E-state index in [4.69, 9.17) is 19.2 Å². The number of fused-ring (bicyclic) bond motifs is 8. The number of hydrogen-bond acceptors (Lipinski definition) is 15. The Morgan fingerprint density at radius 3 is 2.10 bits per heavy atom. The maximum absolute atomic E-state index is 14.2. The smallest absolute Gasteiger partial charge is 0.277 e. The highest BCUT2D eigenvalue weighted by molar-refractivity contribution is 8.77. The van der Waals surface area contributed by atoms with Crippen LogP contribution in [0, 0.1) is 6.92 Å². The summed E-state index contributed by atoms with van der Waals surface area (Å²) in [5.41, 5.74) is 8.86. The number of carbonyl (C=O) groups is 6. The van der Waals surface area contributed by atoms with E-state index >= 15 is 0 Å². The molecule has 4 aliphatic heterocycles. The summed E-state index contributed by atoms with van der Waals surface area (Å²) in [6.45, 7) is 10.1. The predicted octanol–water partition coefficient (Wildman–Crippen LogP) is 9.18. The van der Waals surface area contributed by atoms with E-state index in [2.05, 4.69) is 26.2 Å². The number of rotatable bonds is 23. The number of carbonyl (C=O) groups excluding carboxylic acids is 6. The lowest BCUT2D eigenvalue weighted by Gasteiger charge is -2.24. The summed E-state index contributed by atoms with van der Waals surface area (Å²) < 4.78 is 47.3. The van der Waals surface area contributed by atoms with Gasteiger partial charge in [-0.05, 0) is 156 Å². The first-order valence-corrected chi connectivity index (χ1v) is 31.0. The van der Waals surface area contributed by atoms with E-state index in [9.17, 15) is 37.2 Å². The van der Waals surface area contributed by atoms with Crippen LogP contribution in [0.4, 0.5) is 22.7 Å². The molecule has 3 N–H and O–H groups in total. The summed E-state index contributed by atoms with van der Waals surface area (Å²) in [6, 6.07) is 26.3. The fourth-order valence-corrected chi connectivity index (χ4v) is 14.6. The van der Waals surface area contributed by atoms with Gasteiger partial charge in [-0.15, -0.1) is 0 Å². The zero-order chi connectivity index (χ0) is 58.6. The minimum atomic E-state index is -4.00. The number of ether oxygens (including phenoxy) is 3. The number of aliphatic imine (C=N–C) groups is 1. The largest absolute Gasteiger partial charge is 0.493 e. The Hall–Kier alpha value is -7.20. The summed E-state index contributed by atoms with van der Waals surface area (Å²) in [6.07, 6.45) is 5.32. The highest BCUT2D eigenvalue weighted by atomic mass is 33.1. The van der Waals surface area contributed by atoms with Crippen LogP contribution in [0.2, 0.25) is 0 Å². The van der Waals surface area contributed by atoms with Gasteiger partial charge in [0.25, 0.3) is 21.9 Å². The van der Waals surface area contributed by atoms with Gasteiger partial charge in [-0.3, -0.25) is 42.8 Å². The normalized spacial score (nSPS) is 17.1. The lowest BCUT2D eigenvalue weighted by Crippen LogP contribution is -2.50. The molecule has 5 atom stereocenters. The third kappa shape index (κ3) is 13.3. The molecule has 21 heteroatoms. The van der Waals surface area contributed by atoms with Crippen molar-refractivity contribution < 1.29 is 55.6 Å². The van der Waals surface area contributed by atoms with Crippen molar-refractivity contribution in [3.8, 4) is 17.2 Å². The van der Waals surface area contributed by atoms with E-state index in [1.165, 1.54) is 49.5 Å². The van der Waals surface area contributed by atoms with Crippen LogP contribution < -0.4 is 40.0 Å². The lowest BCUT2D eigenvalue weighted by atomic mass is 9.99. The van der Waals surface area contributed by atoms with Gasteiger partial charge in [-0.2, -0.15) is 8.42 Å². The Kier molecular flexibility index (Phi) is 18.2. The van der Waals surface area contributed by atoms with Crippen LogP contribution in [-0.4, -0.2) is 104 Å². The Morgan fingerprint density at radius 2 is 1.41 bits per heavy atom. The molecule has 9 rings (SSSR count). The first kappa shape index (κ1) is 59.4. The molecule has 5 amide bonds. The first-order valence-electron chi connectivity index (χ1n) is 27.3. The molecule has 4 aliphatic rings. The van der Waals surface area contributed by atoms with Crippen LogP contribution >= 0.6 is 21.6 Å². The number of nitrogens with zero attached hydrogens (tertiary/aromatic N) is 3. The van der Waals surface area contributed by atoms with Crippen molar-refractivity contribution in [3.63, 3.8) is 0 Å². The molecule has 0 fully saturated rings. The van der Waals surface area contributed by atoms with Crippen molar-refractivity contribution in [2.45, 2.75) is 134 Å². The fraction of sp³-hybridized carbons (Fsp3) is 0.393. The van der Waals surface area contributed by atoms with Crippen molar-refractivity contribution in [1.82, 2.24) is 10.6 Å². The predicted molar refractivity (Wildman–Crippen MR) is 319 cm³/mol. The van der Waals surface area contributed by atoms with Gasteiger partial charge in [0.15, 0.2) is 11.5 Å². The average Bonchev–Trinajstić information content (AvgIpc) is 4.18. The Labute approximate surface area is 486 Å². The van der Waals surface area contributed by atoms with Crippen LogP contribution in [-0.2, 0) is 66.0 Å². The molecule has 5 aromatic carbocycles. The van der Waals surface area contributed by atoms with E-state index in [0.29, 0.717) is 75.9 Å². The maximum atomic E-state index is 14.2. The van der Waals surface area contributed by atoms with Crippen LogP contribution in [0.3, 0.4) is 0 Å². The summed E-state index contributed by atoms with van der Waals surface area (Å²) in [5, 5.41) is 7.11. The van der Waals surface area contributed by atoms with Gasteiger partial charge in [0, 0.05) is 64.3 Å². The quantitative estimate of drug-likeness (QED) is 0.0315. The van der Waals surface area contributed by atoms with Crippen LogP contribution in [0.25, 0.3) is 0 Å². The topological polar surface area (TPSA) is 228 Å². The number of benzene rings is 5. The van der Waals surface area contributed by atoms with Crippen molar-refractivity contribution in [2.75, 3.05) is 35.1 Å². The maximum Gasteiger partial charge on any atom is 0.277 e. The summed E-state index contributed by atoms with van der Waals surface area (Å²) in [4.78, 5) is 89.1. The molecule has 0 radical (unpaired) electrons.